The molecular formula is C51H60N14. The summed E-state index contributed by atoms with van der Waals surface area (Å²) in [7, 11) is 6.00. The highest BCUT2D eigenvalue weighted by Crippen LogP contribution is 2.37. The number of benzene rings is 4. The van der Waals surface area contributed by atoms with E-state index in [1.807, 2.05) is 26.5 Å². The molecule has 0 radical (unpaired) electrons. The Hall–Kier alpha value is -6.90. The van der Waals surface area contributed by atoms with Crippen molar-refractivity contribution in [3.8, 4) is 0 Å². The summed E-state index contributed by atoms with van der Waals surface area (Å²) in [5.74, 6) is 2.63. The minimum absolute atomic E-state index is 0.00755. The van der Waals surface area contributed by atoms with Crippen LogP contribution in [0.1, 0.15) is 72.2 Å². The van der Waals surface area contributed by atoms with Crippen LogP contribution in [-0.2, 0) is 38.0 Å². The topological polar surface area (TPSA) is 151 Å². The van der Waals surface area contributed by atoms with Crippen molar-refractivity contribution in [3.63, 3.8) is 0 Å². The molecule has 8 aromatic rings. The minimum Gasteiger partial charge on any atom is -0.338 e. The van der Waals surface area contributed by atoms with E-state index in [0.717, 1.165) is 82.4 Å². The van der Waals surface area contributed by atoms with E-state index >= 15 is 0 Å². The third-order valence-corrected chi connectivity index (χ3v) is 13.3. The molecule has 5 N–H and O–H groups in total. The van der Waals surface area contributed by atoms with Crippen molar-refractivity contribution < 1.29 is 0 Å². The molecule has 0 amide bonds. The molecule has 0 bridgehead atoms. The maximum absolute atomic E-state index is 4.77. The number of hydrogen-bond acceptors (Lipinski definition) is 12. The van der Waals surface area contributed by atoms with Gasteiger partial charge in [-0.05, 0) is 151 Å². The van der Waals surface area contributed by atoms with Crippen LogP contribution in [0.25, 0.3) is 22.1 Å². The molecule has 0 spiro atoms. The van der Waals surface area contributed by atoms with E-state index in [2.05, 4.69) is 187 Å². The molecule has 4 aromatic carbocycles. The van der Waals surface area contributed by atoms with Gasteiger partial charge in [0, 0.05) is 66.9 Å². The van der Waals surface area contributed by atoms with Gasteiger partial charge in [-0.25, -0.2) is 19.3 Å². The zero-order chi connectivity index (χ0) is 45.8. The highest BCUT2D eigenvalue weighted by Gasteiger charge is 2.32. The average molecular weight is 869 g/mol. The number of para-hydroxylation sites is 2. The maximum atomic E-state index is 4.77. The van der Waals surface area contributed by atoms with Crippen LogP contribution in [0, 0.1) is 27.7 Å². The van der Waals surface area contributed by atoms with Crippen LogP contribution in [0.5, 0.6) is 0 Å². The van der Waals surface area contributed by atoms with E-state index in [1.165, 1.54) is 44.5 Å². The van der Waals surface area contributed by atoms with Crippen molar-refractivity contribution in [1.82, 2.24) is 49.7 Å². The number of likely N-dealkylation sites (N-methyl/N-ethyl adjacent to an activating group) is 1. The monoisotopic (exact) mass is 869 g/mol. The second kappa shape index (κ2) is 16.9. The van der Waals surface area contributed by atoms with Crippen molar-refractivity contribution in [1.29, 1.82) is 0 Å². The second-order valence-corrected chi connectivity index (χ2v) is 18.6. The summed E-state index contributed by atoms with van der Waals surface area (Å²) in [5, 5.41) is 28.4. The van der Waals surface area contributed by atoms with Gasteiger partial charge in [-0.1, -0.05) is 48.5 Å². The summed E-state index contributed by atoms with van der Waals surface area (Å²) in [6, 6.07) is 25.6. The van der Waals surface area contributed by atoms with E-state index in [4.69, 9.17) is 9.97 Å². The number of hydrogen-bond donors (Lipinski definition) is 5. The molecule has 0 aliphatic carbocycles. The third-order valence-electron chi connectivity index (χ3n) is 13.3. The van der Waals surface area contributed by atoms with Crippen LogP contribution in [0.4, 0.5) is 46.3 Å². The van der Waals surface area contributed by atoms with Gasteiger partial charge in [0.05, 0.1) is 10.8 Å². The fraction of sp³-hybridized carbons (Fsp3) is 0.333. The normalized spacial score (nSPS) is 15.2. The van der Waals surface area contributed by atoms with Gasteiger partial charge < -0.3 is 26.6 Å². The Bertz CT molecular complexity index is 3050. The van der Waals surface area contributed by atoms with Gasteiger partial charge in [-0.2, -0.15) is 20.2 Å². The predicted molar refractivity (Wildman–Crippen MR) is 265 cm³/mol. The number of anilines is 8. The summed E-state index contributed by atoms with van der Waals surface area (Å²) in [6.45, 7) is 19.4. The van der Waals surface area contributed by atoms with Gasteiger partial charge in [0.2, 0.25) is 11.9 Å². The molecule has 2 aliphatic heterocycles. The van der Waals surface area contributed by atoms with Crippen LogP contribution < -0.4 is 26.6 Å². The lowest BCUT2D eigenvalue weighted by Crippen LogP contribution is -2.43. The first-order valence-electron chi connectivity index (χ1n) is 22.4. The van der Waals surface area contributed by atoms with Crippen molar-refractivity contribution in [3.05, 3.63) is 130 Å². The number of nitrogens with zero attached hydrogens (tertiary/aromatic N) is 9. The fourth-order valence-electron chi connectivity index (χ4n) is 9.17. The van der Waals surface area contributed by atoms with E-state index in [-0.39, 0.29) is 11.1 Å². The molecule has 0 unspecified atom stereocenters. The Morgan fingerprint density at radius 1 is 0.569 bits per heavy atom. The SMILES string of the molecule is Cc1cccc(C)c1Nc1nn(C)c2nc(Nc3ccc4c(c3)C(C)(C)N(C)CC4)ncc12.Cc1cccc(C)c1Nc1nn(C)c2nc(Nc3ccc4c(c3)C(C)(C)NCC4)ncc12. The molecule has 4 aromatic heterocycles. The van der Waals surface area contributed by atoms with Crippen molar-refractivity contribution in [2.75, 3.05) is 41.4 Å². The third kappa shape index (κ3) is 8.47. The molecule has 14 nitrogen and oxygen atoms in total. The van der Waals surface area contributed by atoms with Crippen LogP contribution in [0.3, 0.4) is 0 Å². The smallest absolute Gasteiger partial charge is 0.229 e. The molecule has 65 heavy (non-hydrogen) atoms. The van der Waals surface area contributed by atoms with Gasteiger partial charge in [0.25, 0.3) is 0 Å². The lowest BCUT2D eigenvalue weighted by atomic mass is 9.83. The van der Waals surface area contributed by atoms with Crippen LogP contribution in [0.15, 0.2) is 85.2 Å². The highest BCUT2D eigenvalue weighted by atomic mass is 15.3. The number of nitrogens with one attached hydrogen (secondary N) is 5. The van der Waals surface area contributed by atoms with Gasteiger partial charge in [0.15, 0.2) is 22.9 Å². The quantitative estimate of drug-likeness (QED) is 0.0989. The van der Waals surface area contributed by atoms with Gasteiger partial charge in [0.1, 0.15) is 0 Å². The lowest BCUT2D eigenvalue weighted by molar-refractivity contribution is 0.143. The fourth-order valence-corrected chi connectivity index (χ4v) is 9.17. The highest BCUT2D eigenvalue weighted by molar-refractivity contribution is 5.91. The summed E-state index contributed by atoms with van der Waals surface area (Å²) in [4.78, 5) is 21.1. The van der Waals surface area contributed by atoms with Gasteiger partial charge in [-0.3, -0.25) is 4.90 Å². The zero-order valence-corrected chi connectivity index (χ0v) is 39.4. The number of aromatic nitrogens is 8. The maximum Gasteiger partial charge on any atom is 0.229 e. The Morgan fingerprint density at radius 2 is 1.03 bits per heavy atom. The lowest BCUT2D eigenvalue weighted by Gasteiger charge is -2.41. The number of aryl methyl sites for hydroxylation is 6. The molecule has 14 heteroatoms. The first-order chi connectivity index (χ1) is 31.0. The predicted octanol–water partition coefficient (Wildman–Crippen LogP) is 10.0. The van der Waals surface area contributed by atoms with Crippen LogP contribution in [-0.4, -0.2) is 64.5 Å². The summed E-state index contributed by atoms with van der Waals surface area (Å²) >= 11 is 0. The molecule has 10 rings (SSSR count). The standard InChI is InChI=1S/C26H31N7.C25H29N7/c1-16-8-7-9-17(2)22(16)29-23-20-15-27-25(30-24(20)33(6)31-23)28-19-11-10-18-12-13-32(5)26(3,4)21(18)14-19;1-15-7-6-8-16(2)21(15)29-22-19-14-26-24(30-23(19)32(5)31-22)28-18-10-9-17-11-12-27-25(3,4)20(17)13-18/h7-11,14-15H,12-13H2,1-6H3,(H,29,31)(H,27,28,30);6-10,13-14,27H,11-12H2,1-5H3,(H,29,31)(H,26,28,30). The Balaban J connectivity index is 0.000000164. The summed E-state index contributed by atoms with van der Waals surface area (Å²) in [5.41, 5.74) is 15.8. The largest absolute Gasteiger partial charge is 0.338 e. The summed E-state index contributed by atoms with van der Waals surface area (Å²) in [6.07, 6.45) is 5.79. The van der Waals surface area contributed by atoms with Crippen molar-refractivity contribution >= 4 is 68.3 Å². The second-order valence-electron chi connectivity index (χ2n) is 18.6. The molecule has 2 aliphatic rings. The zero-order valence-electron chi connectivity index (χ0n) is 39.4. The van der Waals surface area contributed by atoms with Gasteiger partial charge in [-0.15, -0.1) is 0 Å². The van der Waals surface area contributed by atoms with Crippen molar-refractivity contribution in [2.45, 2.75) is 79.3 Å². The Kier molecular flexibility index (Phi) is 11.3. The molecule has 0 saturated carbocycles. The molecule has 6 heterocycles. The Morgan fingerprint density at radius 3 is 1.52 bits per heavy atom. The number of fused-ring (bicyclic) bond motifs is 4. The molecular weight excluding hydrogens is 809 g/mol. The molecule has 0 fully saturated rings. The molecule has 334 valence electrons. The summed E-state index contributed by atoms with van der Waals surface area (Å²) < 4.78 is 3.58. The van der Waals surface area contributed by atoms with E-state index in [1.54, 1.807) is 9.36 Å². The minimum atomic E-state index is -0.0492. The van der Waals surface area contributed by atoms with Gasteiger partial charge >= 0.3 is 0 Å². The van der Waals surface area contributed by atoms with E-state index in [0.29, 0.717) is 11.9 Å². The molecule has 0 atom stereocenters. The van der Waals surface area contributed by atoms with Crippen molar-refractivity contribution in [2.24, 2.45) is 14.1 Å². The average Bonchev–Trinajstić information content (AvgIpc) is 3.76. The van der Waals surface area contributed by atoms with E-state index < -0.39 is 0 Å². The number of rotatable bonds is 8. The molecule has 0 saturated heterocycles. The van der Waals surface area contributed by atoms with Crippen LogP contribution in [0.2, 0.25) is 0 Å². The first-order valence-corrected chi connectivity index (χ1v) is 22.4. The first kappa shape index (κ1) is 43.4. The Labute approximate surface area is 381 Å². The van der Waals surface area contributed by atoms with Crippen LogP contribution >= 0.6 is 0 Å². The van der Waals surface area contributed by atoms with E-state index in [9.17, 15) is 0 Å².